The van der Waals surface area contributed by atoms with Crippen molar-refractivity contribution in [1.29, 1.82) is 0 Å². The summed E-state index contributed by atoms with van der Waals surface area (Å²) in [5.41, 5.74) is -0.613. The van der Waals surface area contributed by atoms with E-state index >= 15 is 0 Å². The van der Waals surface area contributed by atoms with Crippen molar-refractivity contribution in [3.8, 4) is 0 Å². The predicted molar refractivity (Wildman–Crippen MR) is 110 cm³/mol. The lowest BCUT2D eigenvalue weighted by atomic mass is 9.81. The Kier molecular flexibility index (Phi) is 8.85. The first-order valence-electron chi connectivity index (χ1n) is 10.7. The van der Waals surface area contributed by atoms with Gasteiger partial charge >= 0.3 is 6.18 Å². The summed E-state index contributed by atoms with van der Waals surface area (Å²) in [5, 5.41) is 2.21. The molecule has 0 aromatic carbocycles. The largest absolute Gasteiger partial charge is 0.452 e. The van der Waals surface area contributed by atoms with E-state index in [1.54, 1.807) is 20.8 Å². The zero-order chi connectivity index (χ0) is 24.3. The number of amides is 2. The Labute approximate surface area is 182 Å². The molecule has 2 amide bonds. The Hall–Kier alpha value is -1.93. The Morgan fingerprint density at radius 2 is 1.55 bits per heavy atom. The van der Waals surface area contributed by atoms with Gasteiger partial charge in [-0.05, 0) is 24.7 Å². The lowest BCUT2D eigenvalue weighted by Crippen LogP contribution is -2.55. The summed E-state index contributed by atoms with van der Waals surface area (Å²) in [6.45, 7) is 12.1. The van der Waals surface area contributed by atoms with Crippen molar-refractivity contribution < 1.29 is 32.3 Å². The summed E-state index contributed by atoms with van der Waals surface area (Å²) < 4.78 is 38.7. The van der Waals surface area contributed by atoms with Crippen LogP contribution >= 0.6 is 0 Å². The van der Waals surface area contributed by atoms with Crippen LogP contribution in [-0.4, -0.2) is 53.1 Å². The highest BCUT2D eigenvalue weighted by atomic mass is 19.4. The molecule has 0 saturated carbocycles. The third-order valence-electron chi connectivity index (χ3n) is 5.73. The summed E-state index contributed by atoms with van der Waals surface area (Å²) in [6, 6.07) is -2.67. The molecule has 1 rings (SSSR count). The molecule has 0 radical (unpaired) electrons. The number of carbonyl (C=O) groups is 4. The van der Waals surface area contributed by atoms with E-state index in [4.69, 9.17) is 0 Å². The molecule has 0 bridgehead atoms. The number of Topliss-reactive ketones (excluding diaryl/α,β-unsaturated/α-hetero) is 2. The van der Waals surface area contributed by atoms with Crippen molar-refractivity contribution in [2.45, 2.75) is 86.0 Å². The normalized spacial score (nSPS) is 19.5. The Morgan fingerprint density at radius 3 is 1.97 bits per heavy atom. The second-order valence-corrected chi connectivity index (χ2v) is 10.0. The molecule has 3 atom stereocenters. The van der Waals surface area contributed by atoms with Crippen LogP contribution in [0.2, 0.25) is 0 Å². The van der Waals surface area contributed by atoms with E-state index in [0.717, 1.165) is 0 Å². The summed E-state index contributed by atoms with van der Waals surface area (Å²) >= 11 is 0. The number of hydrogen-bond acceptors (Lipinski definition) is 4. The van der Waals surface area contributed by atoms with E-state index in [-0.39, 0.29) is 30.6 Å². The topological polar surface area (TPSA) is 83.6 Å². The van der Waals surface area contributed by atoms with Gasteiger partial charge in [0.15, 0.2) is 0 Å². The molecule has 6 nitrogen and oxygen atoms in total. The van der Waals surface area contributed by atoms with Crippen LogP contribution in [-0.2, 0) is 19.2 Å². The summed E-state index contributed by atoms with van der Waals surface area (Å²) in [4.78, 5) is 51.6. The van der Waals surface area contributed by atoms with Crippen molar-refractivity contribution in [3.05, 3.63) is 0 Å². The fourth-order valence-electron chi connectivity index (χ4n) is 3.59. The van der Waals surface area contributed by atoms with E-state index in [1.165, 1.54) is 18.7 Å². The van der Waals surface area contributed by atoms with Gasteiger partial charge in [-0.15, -0.1) is 0 Å². The van der Waals surface area contributed by atoms with E-state index in [9.17, 15) is 32.3 Å². The molecule has 1 unspecified atom stereocenters. The van der Waals surface area contributed by atoms with Crippen molar-refractivity contribution in [3.63, 3.8) is 0 Å². The van der Waals surface area contributed by atoms with Crippen LogP contribution in [0.4, 0.5) is 13.2 Å². The number of likely N-dealkylation sites (tertiary alicyclic amines) is 1. The minimum atomic E-state index is -5.07. The molecule has 1 heterocycles. The molecule has 0 aromatic heterocycles. The molecule has 1 saturated heterocycles. The number of nitrogens with zero attached hydrogens (tertiary/aromatic N) is 1. The second-order valence-electron chi connectivity index (χ2n) is 10.0. The number of nitrogens with one attached hydrogen (secondary N) is 1. The van der Waals surface area contributed by atoms with E-state index in [0.29, 0.717) is 12.8 Å². The monoisotopic (exact) mass is 448 g/mol. The predicted octanol–water partition coefficient (Wildman–Crippen LogP) is 3.53. The lowest BCUT2D eigenvalue weighted by molar-refractivity contribution is -0.175. The Bertz CT molecular complexity index is 696. The highest BCUT2D eigenvalue weighted by Gasteiger charge is 2.46. The molecule has 1 aliphatic rings. The van der Waals surface area contributed by atoms with Crippen LogP contribution in [0.5, 0.6) is 0 Å². The fraction of sp³-hybridized carbons (Fsp3) is 0.818. The van der Waals surface area contributed by atoms with Gasteiger partial charge in [-0.2, -0.15) is 13.2 Å². The second kappa shape index (κ2) is 10.1. The van der Waals surface area contributed by atoms with Crippen molar-refractivity contribution in [1.82, 2.24) is 10.2 Å². The summed E-state index contributed by atoms with van der Waals surface area (Å²) in [6.07, 6.45) is -4.22. The fourth-order valence-corrected chi connectivity index (χ4v) is 3.59. The third kappa shape index (κ3) is 7.04. The SMILES string of the molecule is CC(C)C(NC(=O)[C@@H]1CCCN1C(=O)[C@@H](CC(=O)C(C)(C)C)C(C)C)C(=O)C(F)(F)F. The maximum atomic E-state index is 13.2. The Morgan fingerprint density at radius 1 is 1.00 bits per heavy atom. The minimum absolute atomic E-state index is 0.0337. The van der Waals surface area contributed by atoms with Crippen LogP contribution in [0, 0.1) is 23.2 Å². The smallest absolute Gasteiger partial charge is 0.344 e. The number of carbonyl (C=O) groups excluding carboxylic acids is 4. The molecular weight excluding hydrogens is 413 g/mol. The third-order valence-corrected chi connectivity index (χ3v) is 5.73. The van der Waals surface area contributed by atoms with Gasteiger partial charge in [-0.25, -0.2) is 0 Å². The van der Waals surface area contributed by atoms with E-state index < -0.39 is 47.2 Å². The van der Waals surface area contributed by atoms with Crippen LogP contribution in [0.15, 0.2) is 0 Å². The quantitative estimate of drug-likeness (QED) is 0.616. The highest BCUT2D eigenvalue weighted by Crippen LogP contribution is 2.29. The number of halogens is 3. The first-order chi connectivity index (χ1) is 14.0. The first-order valence-corrected chi connectivity index (χ1v) is 10.7. The molecule has 1 aliphatic heterocycles. The molecule has 0 aromatic rings. The van der Waals surface area contributed by atoms with Crippen molar-refractivity contribution in [2.24, 2.45) is 23.2 Å². The van der Waals surface area contributed by atoms with Crippen molar-refractivity contribution in [2.75, 3.05) is 6.54 Å². The highest BCUT2D eigenvalue weighted by molar-refractivity contribution is 5.96. The van der Waals surface area contributed by atoms with Gasteiger partial charge in [0, 0.05) is 24.3 Å². The van der Waals surface area contributed by atoms with Gasteiger partial charge < -0.3 is 10.2 Å². The molecule has 1 fully saturated rings. The molecule has 9 heteroatoms. The minimum Gasteiger partial charge on any atom is -0.344 e. The van der Waals surface area contributed by atoms with E-state index in [2.05, 4.69) is 5.32 Å². The van der Waals surface area contributed by atoms with Gasteiger partial charge in [-0.3, -0.25) is 19.2 Å². The number of alkyl halides is 3. The Balaban J connectivity index is 3.03. The molecule has 0 spiro atoms. The first kappa shape index (κ1) is 27.1. The number of ketones is 2. The summed E-state index contributed by atoms with van der Waals surface area (Å²) in [7, 11) is 0. The number of rotatable bonds is 8. The van der Waals surface area contributed by atoms with Gasteiger partial charge in [0.05, 0.1) is 6.04 Å². The molecule has 0 aliphatic carbocycles. The van der Waals surface area contributed by atoms with Gasteiger partial charge in [0.2, 0.25) is 11.8 Å². The van der Waals surface area contributed by atoms with Gasteiger partial charge in [0.1, 0.15) is 11.8 Å². The maximum absolute atomic E-state index is 13.2. The van der Waals surface area contributed by atoms with Crippen LogP contribution in [0.3, 0.4) is 0 Å². The van der Waals surface area contributed by atoms with Crippen LogP contribution in [0.25, 0.3) is 0 Å². The lowest BCUT2D eigenvalue weighted by Gasteiger charge is -2.32. The number of hydrogen-bond donors (Lipinski definition) is 1. The average molecular weight is 449 g/mol. The van der Waals surface area contributed by atoms with Crippen LogP contribution in [0.1, 0.15) is 67.7 Å². The zero-order valence-corrected chi connectivity index (χ0v) is 19.4. The zero-order valence-electron chi connectivity index (χ0n) is 19.4. The molecular formula is C22H35F3N2O4. The van der Waals surface area contributed by atoms with Crippen molar-refractivity contribution >= 4 is 23.4 Å². The summed E-state index contributed by atoms with van der Waals surface area (Å²) in [5.74, 6) is -4.76. The molecule has 31 heavy (non-hydrogen) atoms. The molecule has 1 N–H and O–H groups in total. The maximum Gasteiger partial charge on any atom is 0.452 e. The van der Waals surface area contributed by atoms with Gasteiger partial charge in [0.25, 0.3) is 5.78 Å². The van der Waals surface area contributed by atoms with Gasteiger partial charge in [-0.1, -0.05) is 48.5 Å². The van der Waals surface area contributed by atoms with Crippen LogP contribution < -0.4 is 5.32 Å². The van der Waals surface area contributed by atoms with E-state index in [1.807, 2.05) is 13.8 Å². The standard InChI is InChI=1S/C22H35F3N2O4/c1-12(2)14(11-16(28)21(5,6)7)20(31)27-10-8-9-15(27)19(30)26-17(13(3)4)18(29)22(23,24)25/h12-15,17H,8-11H2,1-7H3,(H,26,30)/t14-,15-,17?/m0/s1. The molecule has 178 valence electrons. The average Bonchev–Trinajstić information content (AvgIpc) is 3.10.